The molecule has 1 heterocycles. The van der Waals surface area contributed by atoms with Gasteiger partial charge in [0.05, 0.1) is 13.6 Å². The molecule has 0 fully saturated rings. The summed E-state index contributed by atoms with van der Waals surface area (Å²) in [5, 5.41) is 15.4. The number of hydrogen-bond acceptors (Lipinski definition) is 4. The Kier molecular flexibility index (Phi) is 6.25. The first kappa shape index (κ1) is 22.2. The van der Waals surface area contributed by atoms with Gasteiger partial charge in [-0.1, -0.05) is 42.5 Å². The second-order valence-corrected chi connectivity index (χ2v) is 11.9. The van der Waals surface area contributed by atoms with Crippen LogP contribution in [0.4, 0.5) is 0 Å². The van der Waals surface area contributed by atoms with Crippen LogP contribution in [0.25, 0.3) is 42.1 Å². The van der Waals surface area contributed by atoms with Gasteiger partial charge in [-0.05, 0) is 86.1 Å². The minimum atomic E-state index is 0.223. The van der Waals surface area contributed by atoms with Crippen molar-refractivity contribution in [1.82, 2.24) is 4.90 Å². The van der Waals surface area contributed by atoms with Crippen LogP contribution in [0.2, 0.25) is 0 Å². The van der Waals surface area contributed by atoms with Crippen LogP contribution >= 0.6 is 55.0 Å². The topological polar surface area (TPSA) is 23.5 Å². The molecular weight excluding hydrogens is 566 g/mol. The molecule has 5 rings (SSSR count). The molecule has 0 aliphatic rings. The number of phenolic OH excluding ortho intramolecular Hbond substituents is 1. The number of thioether (sulfide) groups is 1. The highest BCUT2D eigenvalue weighted by atomic mass is 79.9. The average molecular weight is 587 g/mol. The molecule has 0 amide bonds. The van der Waals surface area contributed by atoms with Gasteiger partial charge in [0.15, 0.2) is 0 Å². The maximum absolute atomic E-state index is 10.3. The molecule has 6 heteroatoms. The smallest absolute Gasteiger partial charge is 0.143 e. The van der Waals surface area contributed by atoms with Gasteiger partial charge in [-0.3, -0.25) is 0 Å². The van der Waals surface area contributed by atoms with Crippen molar-refractivity contribution in [2.24, 2.45) is 0 Å². The van der Waals surface area contributed by atoms with Crippen molar-refractivity contribution in [2.45, 2.75) is 4.90 Å². The number of halogens is 2. The summed E-state index contributed by atoms with van der Waals surface area (Å²) in [5.74, 6) is 1.26. The van der Waals surface area contributed by atoms with Crippen molar-refractivity contribution in [3.05, 3.63) is 69.6 Å². The molecule has 5 aromatic rings. The predicted molar refractivity (Wildman–Crippen MR) is 149 cm³/mol. The third-order valence-electron chi connectivity index (χ3n) is 5.58. The number of thiophene rings is 1. The van der Waals surface area contributed by atoms with E-state index in [-0.39, 0.29) is 5.75 Å². The maximum Gasteiger partial charge on any atom is 0.143 e. The van der Waals surface area contributed by atoms with Gasteiger partial charge < -0.3 is 10.0 Å². The molecule has 1 aromatic heterocycles. The van der Waals surface area contributed by atoms with E-state index in [1.54, 1.807) is 0 Å². The Labute approximate surface area is 212 Å². The summed E-state index contributed by atoms with van der Waals surface area (Å²) in [4.78, 5) is 3.59. The molecule has 1 N–H and O–H groups in total. The van der Waals surface area contributed by atoms with Gasteiger partial charge in [-0.25, -0.2) is 0 Å². The lowest BCUT2D eigenvalue weighted by Crippen LogP contribution is -2.14. The van der Waals surface area contributed by atoms with E-state index in [0.717, 1.165) is 17.9 Å². The van der Waals surface area contributed by atoms with Gasteiger partial charge in [0.25, 0.3) is 0 Å². The van der Waals surface area contributed by atoms with Gasteiger partial charge >= 0.3 is 0 Å². The quantitative estimate of drug-likeness (QED) is 0.208. The summed E-state index contributed by atoms with van der Waals surface area (Å²) in [6, 6.07) is 21.4. The molecule has 2 nitrogen and oxygen atoms in total. The molecule has 0 saturated heterocycles. The summed E-state index contributed by atoms with van der Waals surface area (Å²) >= 11 is 10.9. The number of phenols is 1. The average Bonchev–Trinajstić information content (AvgIpc) is 3.16. The first-order valence-electron chi connectivity index (χ1n) is 10.3. The minimum absolute atomic E-state index is 0.223. The molecule has 162 valence electrons. The maximum atomic E-state index is 10.3. The Bertz CT molecular complexity index is 1450. The highest BCUT2D eigenvalue weighted by Gasteiger charge is 2.21. The fourth-order valence-corrected chi connectivity index (χ4v) is 7.97. The Hall–Kier alpha value is -1.57. The van der Waals surface area contributed by atoms with Gasteiger partial charge in [0.1, 0.15) is 5.75 Å². The highest BCUT2D eigenvalue weighted by molar-refractivity contribution is 9.11. The number of hydrogen-bond donors (Lipinski definition) is 1. The molecular formula is C26H21Br2NOS2. The molecule has 0 aliphatic carbocycles. The lowest BCUT2D eigenvalue weighted by molar-refractivity contribution is 0.437. The van der Waals surface area contributed by atoms with E-state index in [2.05, 4.69) is 99.4 Å². The molecule has 0 bridgehead atoms. The van der Waals surface area contributed by atoms with Crippen LogP contribution in [0.3, 0.4) is 0 Å². The molecule has 0 atom stereocenters. The number of aromatic hydroxyl groups is 1. The molecule has 0 radical (unpaired) electrons. The van der Waals surface area contributed by atoms with E-state index in [4.69, 9.17) is 0 Å². The third kappa shape index (κ3) is 3.86. The van der Waals surface area contributed by atoms with Crippen LogP contribution in [0.5, 0.6) is 5.75 Å². The van der Waals surface area contributed by atoms with Crippen molar-refractivity contribution in [3.63, 3.8) is 0 Å². The Morgan fingerprint density at radius 1 is 0.906 bits per heavy atom. The summed E-state index contributed by atoms with van der Waals surface area (Å²) in [6.45, 7) is 1.03. The van der Waals surface area contributed by atoms with Crippen molar-refractivity contribution in [3.8, 4) is 16.9 Å². The highest BCUT2D eigenvalue weighted by Crippen LogP contribution is 2.50. The van der Waals surface area contributed by atoms with Crippen LogP contribution < -0.4 is 0 Å². The third-order valence-corrected chi connectivity index (χ3v) is 9.21. The van der Waals surface area contributed by atoms with E-state index < -0.39 is 0 Å². The van der Waals surface area contributed by atoms with Crippen molar-refractivity contribution in [1.29, 1.82) is 0 Å². The summed E-state index contributed by atoms with van der Waals surface area (Å²) < 4.78 is 4.00. The van der Waals surface area contributed by atoms with Crippen LogP contribution in [0.1, 0.15) is 0 Å². The monoisotopic (exact) mass is 585 g/mol. The van der Waals surface area contributed by atoms with Crippen LogP contribution in [0.15, 0.2) is 74.5 Å². The Balaban J connectivity index is 1.91. The number of fused-ring (bicyclic) bond motifs is 4. The van der Waals surface area contributed by atoms with E-state index in [0.29, 0.717) is 8.95 Å². The Morgan fingerprint density at radius 3 is 2.22 bits per heavy atom. The van der Waals surface area contributed by atoms with E-state index in [1.165, 1.54) is 41.4 Å². The number of benzene rings is 4. The van der Waals surface area contributed by atoms with E-state index in [1.807, 2.05) is 35.2 Å². The normalized spacial score (nSPS) is 11.9. The fourth-order valence-electron chi connectivity index (χ4n) is 4.09. The lowest BCUT2D eigenvalue weighted by atomic mass is 9.93. The lowest BCUT2D eigenvalue weighted by Gasteiger charge is -2.16. The second kappa shape index (κ2) is 8.99. The van der Waals surface area contributed by atoms with Crippen LogP contribution in [-0.2, 0) is 0 Å². The zero-order valence-electron chi connectivity index (χ0n) is 17.7. The van der Waals surface area contributed by atoms with Crippen molar-refractivity contribution >= 4 is 85.9 Å². The predicted octanol–water partition coefficient (Wildman–Crippen LogP) is 8.76. The van der Waals surface area contributed by atoms with Gasteiger partial charge in [-0.2, -0.15) is 0 Å². The van der Waals surface area contributed by atoms with Crippen molar-refractivity contribution in [2.75, 3.05) is 26.4 Å². The summed E-state index contributed by atoms with van der Waals surface area (Å²) in [5.41, 5.74) is 2.29. The van der Waals surface area contributed by atoms with Crippen LogP contribution in [-0.4, -0.2) is 36.4 Å². The summed E-state index contributed by atoms with van der Waals surface area (Å²) in [7, 11) is 4.24. The first-order valence-corrected chi connectivity index (χ1v) is 13.7. The molecule has 32 heavy (non-hydrogen) atoms. The fraction of sp³-hybridized carbons (Fsp3) is 0.154. The van der Waals surface area contributed by atoms with E-state index >= 15 is 0 Å². The molecule has 0 saturated carbocycles. The zero-order chi connectivity index (χ0) is 22.4. The van der Waals surface area contributed by atoms with Gasteiger partial charge in [0.2, 0.25) is 0 Å². The first-order chi connectivity index (χ1) is 15.5. The molecule has 0 aliphatic heterocycles. The van der Waals surface area contributed by atoms with Crippen molar-refractivity contribution < 1.29 is 5.11 Å². The standard InChI is InChI=1S/C26H21Br2NOS2/c1-29(2)11-12-31-25-17-8-4-3-7-16(17)22(15-13-19(27)24(30)20(28)14-15)23-18-9-5-6-10-21(18)32-26(23)25/h3-10,13-14,30H,11-12H2,1-2H3. The molecule has 0 spiro atoms. The van der Waals surface area contributed by atoms with Gasteiger partial charge in [-0.15, -0.1) is 23.1 Å². The minimum Gasteiger partial charge on any atom is -0.506 e. The zero-order valence-corrected chi connectivity index (χ0v) is 22.5. The molecule has 4 aromatic carbocycles. The Morgan fingerprint density at radius 2 is 1.53 bits per heavy atom. The number of nitrogens with zero attached hydrogens (tertiary/aromatic N) is 1. The van der Waals surface area contributed by atoms with E-state index in [9.17, 15) is 5.11 Å². The van der Waals surface area contributed by atoms with Crippen LogP contribution in [0, 0.1) is 0 Å². The molecule has 0 unspecified atom stereocenters. The second-order valence-electron chi connectivity index (χ2n) is 7.99. The SMILES string of the molecule is CN(C)CCSc1c2ccccc2c(-c2cc(Br)c(O)c(Br)c2)c2c1sc1ccccc12. The van der Waals surface area contributed by atoms with Gasteiger partial charge in [0, 0.05) is 32.7 Å². The summed E-state index contributed by atoms with van der Waals surface area (Å²) in [6.07, 6.45) is 0. The number of rotatable bonds is 5. The largest absolute Gasteiger partial charge is 0.506 e.